The van der Waals surface area contributed by atoms with E-state index in [1.165, 1.54) is 0 Å². The molecule has 0 saturated heterocycles. The third-order valence-corrected chi connectivity index (χ3v) is 2.07. The maximum Gasteiger partial charge on any atom is 0.315 e. The Morgan fingerprint density at radius 3 is 2.57 bits per heavy atom. The van der Waals surface area contributed by atoms with Gasteiger partial charge in [-0.3, -0.25) is 0 Å². The van der Waals surface area contributed by atoms with Crippen LogP contribution < -0.4 is 16.4 Å². The largest absolute Gasteiger partial charge is 0.338 e. The van der Waals surface area contributed by atoms with Crippen LogP contribution in [-0.4, -0.2) is 25.2 Å². The zero-order chi connectivity index (χ0) is 10.8. The summed E-state index contributed by atoms with van der Waals surface area (Å²) in [4.78, 5) is 11.3. The summed E-state index contributed by atoms with van der Waals surface area (Å²) in [6.45, 7) is 5.43. The van der Waals surface area contributed by atoms with E-state index >= 15 is 0 Å². The number of rotatable bonds is 7. The minimum atomic E-state index is -0.0950. The lowest BCUT2D eigenvalue weighted by atomic mass is 10.2. The number of carbonyl (C=O) groups is 1. The molecule has 0 aromatic rings. The van der Waals surface area contributed by atoms with Gasteiger partial charge >= 0.3 is 6.03 Å². The number of nitrogens with two attached hydrogens (primary N) is 1. The third kappa shape index (κ3) is 6.71. The van der Waals surface area contributed by atoms with Crippen molar-refractivity contribution < 1.29 is 4.79 Å². The average Bonchev–Trinajstić information content (AvgIpc) is 2.17. The molecule has 0 radical (unpaired) electrons. The molecule has 0 bridgehead atoms. The first-order chi connectivity index (χ1) is 6.74. The summed E-state index contributed by atoms with van der Waals surface area (Å²) in [5, 5.41) is 5.65. The van der Waals surface area contributed by atoms with E-state index in [9.17, 15) is 4.79 Å². The monoisotopic (exact) mass is 201 g/mol. The molecule has 14 heavy (non-hydrogen) atoms. The minimum absolute atomic E-state index is 0.0950. The van der Waals surface area contributed by atoms with Crippen molar-refractivity contribution in [2.45, 2.75) is 45.6 Å². The van der Waals surface area contributed by atoms with Gasteiger partial charge in [0.25, 0.3) is 0 Å². The van der Waals surface area contributed by atoms with Crippen LogP contribution in [0.25, 0.3) is 0 Å². The lowest BCUT2D eigenvalue weighted by Crippen LogP contribution is -2.45. The van der Waals surface area contributed by atoms with Gasteiger partial charge in [0.1, 0.15) is 0 Å². The van der Waals surface area contributed by atoms with Gasteiger partial charge in [-0.05, 0) is 12.8 Å². The van der Waals surface area contributed by atoms with Crippen LogP contribution in [0, 0.1) is 0 Å². The summed E-state index contributed by atoms with van der Waals surface area (Å²) >= 11 is 0. The molecule has 0 rings (SSSR count). The smallest absolute Gasteiger partial charge is 0.315 e. The van der Waals surface area contributed by atoms with Gasteiger partial charge in [-0.1, -0.05) is 26.7 Å². The van der Waals surface area contributed by atoms with Gasteiger partial charge in [0.2, 0.25) is 0 Å². The first-order valence-corrected chi connectivity index (χ1v) is 5.49. The van der Waals surface area contributed by atoms with E-state index in [1.54, 1.807) is 0 Å². The average molecular weight is 201 g/mol. The molecule has 1 unspecified atom stereocenters. The fourth-order valence-electron chi connectivity index (χ4n) is 1.21. The standard InChI is InChI=1S/C10H23N3O/c1-3-5-7-12-10(14)13-9(8-11)6-4-2/h9H,3-8,11H2,1-2H3,(H2,12,13,14). The second kappa shape index (κ2) is 8.81. The summed E-state index contributed by atoms with van der Waals surface area (Å²) in [5.74, 6) is 0. The highest BCUT2D eigenvalue weighted by atomic mass is 16.2. The van der Waals surface area contributed by atoms with Crippen molar-refractivity contribution >= 4 is 6.03 Å². The summed E-state index contributed by atoms with van der Waals surface area (Å²) < 4.78 is 0. The van der Waals surface area contributed by atoms with Crippen molar-refractivity contribution in [2.24, 2.45) is 5.73 Å². The van der Waals surface area contributed by atoms with Crippen LogP contribution >= 0.6 is 0 Å². The fraction of sp³-hybridized carbons (Fsp3) is 0.900. The number of nitrogens with one attached hydrogen (secondary N) is 2. The van der Waals surface area contributed by atoms with Gasteiger partial charge < -0.3 is 16.4 Å². The molecule has 0 aliphatic rings. The van der Waals surface area contributed by atoms with Crippen LogP contribution in [0.2, 0.25) is 0 Å². The van der Waals surface area contributed by atoms with Gasteiger partial charge in [0, 0.05) is 19.1 Å². The predicted octanol–water partition coefficient (Wildman–Crippen LogP) is 1.21. The molecular weight excluding hydrogens is 178 g/mol. The van der Waals surface area contributed by atoms with E-state index < -0.39 is 0 Å². The van der Waals surface area contributed by atoms with Crippen molar-refractivity contribution in [3.05, 3.63) is 0 Å². The summed E-state index contributed by atoms with van der Waals surface area (Å²) in [5.41, 5.74) is 5.52. The molecule has 4 N–H and O–H groups in total. The van der Waals surface area contributed by atoms with E-state index in [4.69, 9.17) is 5.73 Å². The van der Waals surface area contributed by atoms with E-state index in [1.807, 2.05) is 0 Å². The number of unbranched alkanes of at least 4 members (excludes halogenated alkanes) is 1. The maximum absolute atomic E-state index is 11.3. The Balaban J connectivity index is 3.56. The molecule has 1 atom stereocenters. The van der Waals surface area contributed by atoms with Crippen LogP contribution in [0.4, 0.5) is 4.79 Å². The van der Waals surface area contributed by atoms with Crippen molar-refractivity contribution in [2.75, 3.05) is 13.1 Å². The van der Waals surface area contributed by atoms with Crippen LogP contribution in [0.15, 0.2) is 0 Å². The van der Waals surface area contributed by atoms with Crippen LogP contribution in [0.1, 0.15) is 39.5 Å². The molecule has 0 aromatic carbocycles. The molecule has 0 saturated carbocycles. The molecule has 0 heterocycles. The molecule has 0 aromatic heterocycles. The molecule has 0 aliphatic heterocycles. The Morgan fingerprint density at radius 1 is 1.36 bits per heavy atom. The normalized spacial score (nSPS) is 12.2. The molecule has 0 aliphatic carbocycles. The summed E-state index contributed by atoms with van der Waals surface area (Å²) in [6, 6.07) is 0.0176. The van der Waals surface area contributed by atoms with E-state index in [2.05, 4.69) is 24.5 Å². The van der Waals surface area contributed by atoms with Gasteiger partial charge in [0.15, 0.2) is 0 Å². The Hall–Kier alpha value is -0.770. The van der Waals surface area contributed by atoms with Gasteiger partial charge in [-0.2, -0.15) is 0 Å². The first kappa shape index (κ1) is 13.2. The van der Waals surface area contributed by atoms with E-state index in [0.29, 0.717) is 6.54 Å². The molecule has 0 fully saturated rings. The fourth-order valence-corrected chi connectivity index (χ4v) is 1.21. The molecule has 84 valence electrons. The third-order valence-electron chi connectivity index (χ3n) is 2.07. The van der Waals surface area contributed by atoms with Crippen LogP contribution in [0.3, 0.4) is 0 Å². The Kier molecular flexibility index (Phi) is 8.33. The number of hydrogen-bond acceptors (Lipinski definition) is 2. The lowest BCUT2D eigenvalue weighted by molar-refractivity contribution is 0.236. The SMILES string of the molecule is CCCCNC(=O)NC(CN)CCC. The topological polar surface area (TPSA) is 67.2 Å². The number of amides is 2. The molecule has 4 nitrogen and oxygen atoms in total. The number of urea groups is 1. The van der Waals surface area contributed by atoms with E-state index in [0.717, 1.165) is 32.2 Å². The highest BCUT2D eigenvalue weighted by Crippen LogP contribution is 1.93. The van der Waals surface area contributed by atoms with Gasteiger partial charge in [0.05, 0.1) is 0 Å². The first-order valence-electron chi connectivity index (χ1n) is 5.49. The molecular formula is C10H23N3O. The van der Waals surface area contributed by atoms with Crippen molar-refractivity contribution in [1.29, 1.82) is 0 Å². The Labute approximate surface area is 86.6 Å². The predicted molar refractivity (Wildman–Crippen MR) is 59.2 cm³/mol. The minimum Gasteiger partial charge on any atom is -0.338 e. The van der Waals surface area contributed by atoms with Crippen molar-refractivity contribution in [1.82, 2.24) is 10.6 Å². The van der Waals surface area contributed by atoms with Crippen molar-refractivity contribution in [3.63, 3.8) is 0 Å². The lowest BCUT2D eigenvalue weighted by Gasteiger charge is -2.16. The maximum atomic E-state index is 11.3. The second-order valence-corrected chi connectivity index (χ2v) is 3.48. The Bertz CT molecular complexity index is 150. The number of carbonyl (C=O) groups excluding carboxylic acids is 1. The van der Waals surface area contributed by atoms with Gasteiger partial charge in [-0.15, -0.1) is 0 Å². The zero-order valence-corrected chi connectivity index (χ0v) is 9.31. The molecule has 2 amide bonds. The van der Waals surface area contributed by atoms with Crippen molar-refractivity contribution in [3.8, 4) is 0 Å². The second-order valence-electron chi connectivity index (χ2n) is 3.48. The summed E-state index contributed by atoms with van der Waals surface area (Å²) in [6.07, 6.45) is 4.10. The molecule has 4 heteroatoms. The van der Waals surface area contributed by atoms with Crippen LogP contribution in [0.5, 0.6) is 0 Å². The number of hydrogen-bond donors (Lipinski definition) is 3. The molecule has 0 spiro atoms. The van der Waals surface area contributed by atoms with Gasteiger partial charge in [-0.25, -0.2) is 4.79 Å². The highest BCUT2D eigenvalue weighted by molar-refractivity contribution is 5.74. The summed E-state index contributed by atoms with van der Waals surface area (Å²) in [7, 11) is 0. The zero-order valence-electron chi connectivity index (χ0n) is 9.31. The van der Waals surface area contributed by atoms with E-state index in [-0.39, 0.29) is 12.1 Å². The van der Waals surface area contributed by atoms with Crippen LogP contribution in [-0.2, 0) is 0 Å². The quantitative estimate of drug-likeness (QED) is 0.542. The highest BCUT2D eigenvalue weighted by Gasteiger charge is 2.07. The Morgan fingerprint density at radius 2 is 2.07 bits per heavy atom.